The Balaban J connectivity index is 1.67. The highest BCUT2D eigenvalue weighted by atomic mass is 16.6. The lowest BCUT2D eigenvalue weighted by molar-refractivity contribution is -0.385. The molecule has 0 saturated carbocycles. The molecule has 1 N–H and O–H groups in total. The van der Waals surface area contributed by atoms with Gasteiger partial charge in [-0.25, -0.2) is 4.79 Å². The van der Waals surface area contributed by atoms with Crippen molar-refractivity contribution in [1.82, 2.24) is 9.80 Å². The molecule has 0 aliphatic carbocycles. The zero-order valence-corrected chi connectivity index (χ0v) is 20.4. The fraction of sp³-hybridized carbons (Fsp3) is 0.462. The Hall–Kier alpha value is -3.46. The number of hydrogen-bond acceptors (Lipinski definition) is 6. The van der Waals surface area contributed by atoms with Gasteiger partial charge in [0.25, 0.3) is 5.69 Å². The smallest absolute Gasteiger partial charge is 0.411 e. The van der Waals surface area contributed by atoms with Crippen molar-refractivity contribution in [1.29, 1.82) is 0 Å². The number of likely N-dealkylation sites (tertiary alicyclic amines) is 1. The van der Waals surface area contributed by atoms with Gasteiger partial charge in [-0.2, -0.15) is 0 Å². The number of amides is 2. The normalized spacial score (nSPS) is 14.3. The van der Waals surface area contributed by atoms with E-state index in [0.717, 1.165) is 49.9 Å². The topological polar surface area (TPSA) is 105 Å². The summed E-state index contributed by atoms with van der Waals surface area (Å²) in [5.74, 6) is -0.0830. The van der Waals surface area contributed by atoms with Gasteiger partial charge in [-0.3, -0.25) is 20.2 Å². The Morgan fingerprint density at radius 1 is 1.17 bits per heavy atom. The van der Waals surface area contributed by atoms with E-state index in [1.54, 1.807) is 48.3 Å². The van der Waals surface area contributed by atoms with Gasteiger partial charge in [-0.15, -0.1) is 0 Å². The van der Waals surface area contributed by atoms with E-state index in [0.29, 0.717) is 18.8 Å². The van der Waals surface area contributed by atoms with Crippen molar-refractivity contribution in [2.45, 2.75) is 45.1 Å². The molecule has 2 aromatic carbocycles. The summed E-state index contributed by atoms with van der Waals surface area (Å²) in [4.78, 5) is 39.9. The lowest BCUT2D eigenvalue weighted by Gasteiger charge is -2.32. The van der Waals surface area contributed by atoms with Gasteiger partial charge < -0.3 is 14.5 Å². The van der Waals surface area contributed by atoms with Crippen molar-refractivity contribution in [3.63, 3.8) is 0 Å². The van der Waals surface area contributed by atoms with Crippen molar-refractivity contribution in [3.05, 3.63) is 69.8 Å². The minimum atomic E-state index is -0.497. The van der Waals surface area contributed by atoms with Gasteiger partial charge >= 0.3 is 6.09 Å². The van der Waals surface area contributed by atoms with E-state index in [1.165, 1.54) is 6.07 Å². The van der Waals surface area contributed by atoms with Crippen molar-refractivity contribution in [2.24, 2.45) is 0 Å². The Labute approximate surface area is 206 Å². The third-order valence-electron chi connectivity index (χ3n) is 6.24. The quantitative estimate of drug-likeness (QED) is 0.281. The first-order valence-corrected chi connectivity index (χ1v) is 12.1. The number of carbonyl (C=O) groups is 2. The number of nitro benzene ring substituents is 1. The molecule has 188 valence electrons. The van der Waals surface area contributed by atoms with Crippen LogP contribution in [-0.2, 0) is 16.0 Å². The van der Waals surface area contributed by atoms with Crippen LogP contribution >= 0.6 is 0 Å². The largest absolute Gasteiger partial charge is 0.449 e. The molecule has 9 heteroatoms. The Kier molecular flexibility index (Phi) is 9.60. The number of ether oxygens (including phenoxy) is 1. The van der Waals surface area contributed by atoms with Crippen LogP contribution in [0.2, 0.25) is 0 Å². The molecule has 1 fully saturated rings. The second-order valence-electron chi connectivity index (χ2n) is 8.87. The van der Waals surface area contributed by atoms with E-state index in [9.17, 15) is 19.7 Å². The molecule has 35 heavy (non-hydrogen) atoms. The van der Waals surface area contributed by atoms with Crippen LogP contribution in [0.25, 0.3) is 0 Å². The molecule has 1 aliphatic rings. The molecular weight excluding hydrogens is 448 g/mol. The Morgan fingerprint density at radius 3 is 2.54 bits per heavy atom. The number of benzene rings is 2. The summed E-state index contributed by atoms with van der Waals surface area (Å²) in [6.45, 7) is 4.96. The average Bonchev–Trinajstić information content (AvgIpc) is 3.37. The number of likely N-dealkylation sites (N-methyl/N-ethyl adjacent to an activating group) is 1. The first-order chi connectivity index (χ1) is 16.9. The predicted molar refractivity (Wildman–Crippen MR) is 134 cm³/mol. The van der Waals surface area contributed by atoms with Crippen molar-refractivity contribution < 1.29 is 19.2 Å². The number of nitrogens with zero attached hydrogens (tertiary/aromatic N) is 3. The Bertz CT molecular complexity index is 1010. The number of carbonyl (C=O) groups excluding carboxylic acids is 2. The fourth-order valence-electron chi connectivity index (χ4n) is 4.15. The predicted octanol–water partition coefficient (Wildman–Crippen LogP) is 4.78. The molecule has 2 amide bonds. The monoisotopic (exact) mass is 482 g/mol. The van der Waals surface area contributed by atoms with Crippen LogP contribution in [0, 0.1) is 10.1 Å². The molecule has 1 atom stereocenters. The van der Waals surface area contributed by atoms with Gasteiger partial charge in [0, 0.05) is 31.4 Å². The van der Waals surface area contributed by atoms with Crippen LogP contribution in [0.15, 0.2) is 48.5 Å². The average molecular weight is 483 g/mol. The summed E-state index contributed by atoms with van der Waals surface area (Å²) >= 11 is 0. The maximum absolute atomic E-state index is 13.2. The fourth-order valence-corrected chi connectivity index (χ4v) is 4.15. The van der Waals surface area contributed by atoms with Gasteiger partial charge in [0.05, 0.1) is 24.0 Å². The van der Waals surface area contributed by atoms with E-state index < -0.39 is 11.0 Å². The van der Waals surface area contributed by atoms with E-state index in [-0.39, 0.29) is 24.1 Å². The first kappa shape index (κ1) is 26.2. The third-order valence-corrected chi connectivity index (χ3v) is 6.24. The van der Waals surface area contributed by atoms with E-state index in [4.69, 9.17) is 4.74 Å². The number of unbranched alkanes of at least 4 members (excludes halogenated alkanes) is 1. The zero-order chi connectivity index (χ0) is 25.2. The molecule has 1 saturated heterocycles. The SMILES string of the molecule is CCCCOC(=O)Nc1ccc(CC(=O)N(C)C(CN2CCCC2)c2cccc([N+](=O)[O-])c2)cc1. The Morgan fingerprint density at radius 2 is 1.89 bits per heavy atom. The summed E-state index contributed by atoms with van der Waals surface area (Å²) in [6.07, 6.45) is 3.69. The molecular formula is C26H34N4O5. The molecule has 0 bridgehead atoms. The maximum Gasteiger partial charge on any atom is 0.411 e. The zero-order valence-electron chi connectivity index (χ0n) is 20.4. The standard InChI is InChI=1S/C26H34N4O5/c1-3-4-16-35-26(32)27-22-12-10-20(11-13-22)17-25(31)28(2)24(19-29-14-5-6-15-29)21-8-7-9-23(18-21)30(33)34/h7-13,18,24H,3-6,14-17,19H2,1-2H3,(H,27,32). The number of hydrogen-bond donors (Lipinski definition) is 1. The summed E-state index contributed by atoms with van der Waals surface area (Å²) in [5, 5.41) is 14.0. The van der Waals surface area contributed by atoms with E-state index in [2.05, 4.69) is 10.2 Å². The van der Waals surface area contributed by atoms with Crippen LogP contribution in [-0.4, -0.2) is 60.0 Å². The summed E-state index contributed by atoms with van der Waals surface area (Å²) < 4.78 is 5.10. The first-order valence-electron chi connectivity index (χ1n) is 12.1. The number of nitrogens with one attached hydrogen (secondary N) is 1. The van der Waals surface area contributed by atoms with Crippen LogP contribution in [0.4, 0.5) is 16.2 Å². The molecule has 1 unspecified atom stereocenters. The molecule has 0 spiro atoms. The lowest BCUT2D eigenvalue weighted by atomic mass is 10.0. The second-order valence-corrected chi connectivity index (χ2v) is 8.87. The minimum absolute atomic E-state index is 0.0195. The highest BCUT2D eigenvalue weighted by Crippen LogP contribution is 2.27. The molecule has 0 radical (unpaired) electrons. The molecule has 3 rings (SSSR count). The van der Waals surface area contributed by atoms with Gasteiger partial charge in [-0.05, 0) is 55.6 Å². The summed E-state index contributed by atoms with van der Waals surface area (Å²) in [6, 6.07) is 13.3. The number of non-ortho nitro benzene ring substituents is 1. The third kappa shape index (κ3) is 7.78. The van der Waals surface area contributed by atoms with E-state index >= 15 is 0 Å². The molecule has 2 aromatic rings. The number of nitro groups is 1. The minimum Gasteiger partial charge on any atom is -0.449 e. The maximum atomic E-state index is 13.2. The van der Waals surface area contributed by atoms with Crippen molar-refractivity contribution >= 4 is 23.4 Å². The molecule has 0 aromatic heterocycles. The number of anilines is 1. The lowest BCUT2D eigenvalue weighted by Crippen LogP contribution is -2.39. The van der Waals surface area contributed by atoms with Crippen LogP contribution in [0.1, 0.15) is 49.8 Å². The van der Waals surface area contributed by atoms with Crippen molar-refractivity contribution in [2.75, 3.05) is 38.6 Å². The van der Waals surface area contributed by atoms with Gasteiger partial charge in [0.15, 0.2) is 0 Å². The second kappa shape index (κ2) is 12.9. The van der Waals surface area contributed by atoms with Crippen molar-refractivity contribution in [3.8, 4) is 0 Å². The van der Waals surface area contributed by atoms with Crippen LogP contribution in [0.5, 0.6) is 0 Å². The van der Waals surface area contributed by atoms with Crippen LogP contribution < -0.4 is 5.32 Å². The highest BCUT2D eigenvalue weighted by Gasteiger charge is 2.27. The highest BCUT2D eigenvalue weighted by molar-refractivity contribution is 5.85. The molecule has 1 heterocycles. The molecule has 1 aliphatic heterocycles. The summed E-state index contributed by atoms with van der Waals surface area (Å²) in [5.41, 5.74) is 2.18. The number of rotatable bonds is 11. The summed E-state index contributed by atoms with van der Waals surface area (Å²) in [7, 11) is 1.75. The molecule has 9 nitrogen and oxygen atoms in total. The van der Waals surface area contributed by atoms with Gasteiger partial charge in [0.1, 0.15) is 0 Å². The van der Waals surface area contributed by atoms with Crippen LogP contribution in [0.3, 0.4) is 0 Å². The van der Waals surface area contributed by atoms with Gasteiger partial charge in [-0.1, -0.05) is 37.6 Å². The van der Waals surface area contributed by atoms with Gasteiger partial charge in [0.2, 0.25) is 5.91 Å². The van der Waals surface area contributed by atoms with E-state index in [1.807, 2.05) is 13.0 Å².